The molecule has 4 heterocycles. The fourth-order valence-electron chi connectivity index (χ4n) is 4.28. The van der Waals surface area contributed by atoms with Gasteiger partial charge in [-0.25, -0.2) is 0 Å². The smallest absolute Gasteiger partial charge is 0.311 e. The summed E-state index contributed by atoms with van der Waals surface area (Å²) in [6.07, 6.45) is -7.76. The summed E-state index contributed by atoms with van der Waals surface area (Å²) in [5, 5.41) is 74.2. The van der Waals surface area contributed by atoms with Gasteiger partial charge < -0.3 is 50.7 Å². The van der Waals surface area contributed by atoms with Crippen LogP contribution in [0.2, 0.25) is 0 Å². The molecule has 5 aliphatic rings. The van der Waals surface area contributed by atoms with Crippen molar-refractivity contribution in [2.45, 2.75) is 47.8 Å². The van der Waals surface area contributed by atoms with E-state index in [0.29, 0.717) is 0 Å². The molecule has 1 saturated carbocycles. The summed E-state index contributed by atoms with van der Waals surface area (Å²) in [5.74, 6) is -4.07. The zero-order valence-corrected chi connectivity index (χ0v) is 11.2. The van der Waals surface area contributed by atoms with E-state index in [1.807, 2.05) is 0 Å². The molecule has 6 unspecified atom stereocenters. The summed E-state index contributed by atoms with van der Waals surface area (Å²) in [6.45, 7) is -0.859. The van der Waals surface area contributed by atoms with Crippen molar-refractivity contribution >= 4 is 5.96 Å². The van der Waals surface area contributed by atoms with Crippen LogP contribution in [0.4, 0.5) is 0 Å². The Morgan fingerprint density at radius 1 is 1.14 bits per heavy atom. The van der Waals surface area contributed by atoms with E-state index in [4.69, 9.17) is 14.9 Å². The highest BCUT2D eigenvalue weighted by molar-refractivity contribution is 5.79. The monoisotopic (exact) mass is 319 g/mol. The molecule has 1 aliphatic carbocycles. The highest BCUT2D eigenvalue weighted by Crippen LogP contribution is 2.58. The lowest BCUT2D eigenvalue weighted by molar-refractivity contribution is -0.549. The lowest BCUT2D eigenvalue weighted by atomic mass is 9.55. The molecule has 5 rings (SSSR count). The van der Waals surface area contributed by atoms with Crippen molar-refractivity contribution in [3.8, 4) is 0 Å². The van der Waals surface area contributed by atoms with Crippen LogP contribution in [0, 0.1) is 11.3 Å². The SMILES string of the molecule is N=C1NC(O)[C@H]2C3OC4(O)OC(C(O)C2(N1)[C@@H]4O)[C@]3(O)CO. The Bertz CT molecular complexity index is 549. The van der Waals surface area contributed by atoms with Crippen molar-refractivity contribution in [1.29, 1.82) is 5.41 Å². The van der Waals surface area contributed by atoms with Gasteiger partial charge in [-0.15, -0.1) is 0 Å². The standard InChI is InChI=1S/C11H17N3O8/c12-8-13-6(17)2-4-9(19,1-15)5-3(16)10(2,14-8)7(18)11(20,21-4)22-5/h2-7,15-20H,1H2,(H3,12,13,14)/t2-,3?,4?,5?,6?,7+,9+,10?,11?/m1/s1. The Balaban J connectivity index is 1.93. The van der Waals surface area contributed by atoms with Crippen molar-refractivity contribution < 1.29 is 40.1 Å². The lowest BCUT2D eigenvalue weighted by Gasteiger charge is -2.72. The van der Waals surface area contributed by atoms with Gasteiger partial charge in [0.15, 0.2) is 12.1 Å². The molecule has 0 aromatic carbocycles. The number of aliphatic hydroxyl groups is 6. The van der Waals surface area contributed by atoms with Crippen LogP contribution < -0.4 is 10.6 Å². The lowest BCUT2D eigenvalue weighted by Crippen LogP contribution is -2.96. The van der Waals surface area contributed by atoms with E-state index in [1.54, 1.807) is 0 Å². The van der Waals surface area contributed by atoms with E-state index in [2.05, 4.69) is 10.6 Å². The summed E-state index contributed by atoms with van der Waals surface area (Å²) in [4.78, 5) is 0. The number of hydrogen-bond donors (Lipinski definition) is 9. The number of hydrogen-bond acceptors (Lipinski definition) is 9. The molecule has 4 saturated heterocycles. The van der Waals surface area contributed by atoms with Crippen molar-refractivity contribution in [2.75, 3.05) is 6.61 Å². The molecule has 22 heavy (non-hydrogen) atoms. The predicted octanol–water partition coefficient (Wildman–Crippen LogP) is -5.31. The molecular formula is C11H17N3O8. The molecule has 0 aromatic rings. The predicted molar refractivity (Wildman–Crippen MR) is 65.0 cm³/mol. The van der Waals surface area contributed by atoms with Gasteiger partial charge in [0.2, 0.25) is 0 Å². The zero-order chi connectivity index (χ0) is 16.1. The van der Waals surface area contributed by atoms with Crippen molar-refractivity contribution in [1.82, 2.24) is 10.6 Å². The molecule has 0 aromatic heterocycles. The van der Waals surface area contributed by atoms with Crippen molar-refractivity contribution in [2.24, 2.45) is 5.92 Å². The molecule has 1 spiro atoms. The second-order valence-electron chi connectivity index (χ2n) is 6.25. The van der Waals surface area contributed by atoms with Gasteiger partial charge in [-0.3, -0.25) is 5.41 Å². The Labute approximate surface area is 123 Å². The van der Waals surface area contributed by atoms with Crippen LogP contribution in [-0.4, -0.2) is 91.0 Å². The number of nitrogens with one attached hydrogen (secondary N) is 3. The average molecular weight is 319 g/mol. The molecule has 9 N–H and O–H groups in total. The van der Waals surface area contributed by atoms with Crippen LogP contribution >= 0.6 is 0 Å². The normalized spacial score (nSPS) is 62.4. The largest absolute Gasteiger partial charge is 0.393 e. The number of ether oxygens (including phenoxy) is 2. The van der Waals surface area contributed by atoms with Gasteiger partial charge >= 0.3 is 5.97 Å². The summed E-state index contributed by atoms with van der Waals surface area (Å²) >= 11 is 0. The zero-order valence-electron chi connectivity index (χ0n) is 11.2. The summed E-state index contributed by atoms with van der Waals surface area (Å²) < 4.78 is 10.3. The van der Waals surface area contributed by atoms with Gasteiger partial charge in [-0.2, -0.15) is 0 Å². The van der Waals surface area contributed by atoms with E-state index >= 15 is 0 Å². The van der Waals surface area contributed by atoms with Crippen LogP contribution in [0.3, 0.4) is 0 Å². The highest BCUT2D eigenvalue weighted by Gasteiger charge is 2.83. The molecule has 124 valence electrons. The number of rotatable bonds is 1. The minimum atomic E-state index is -2.53. The molecule has 4 aliphatic heterocycles. The molecular weight excluding hydrogens is 302 g/mol. The Morgan fingerprint density at radius 2 is 1.77 bits per heavy atom. The van der Waals surface area contributed by atoms with Gasteiger partial charge in [-0.05, 0) is 0 Å². The topological polar surface area (TPSA) is 188 Å². The second-order valence-corrected chi connectivity index (χ2v) is 6.25. The maximum absolute atomic E-state index is 10.6. The van der Waals surface area contributed by atoms with Crippen molar-refractivity contribution in [3.63, 3.8) is 0 Å². The third-order valence-corrected chi connectivity index (χ3v) is 5.26. The van der Waals surface area contributed by atoms with Crippen molar-refractivity contribution in [3.05, 3.63) is 0 Å². The van der Waals surface area contributed by atoms with E-state index < -0.39 is 60.3 Å². The number of guanidine groups is 1. The van der Waals surface area contributed by atoms with E-state index in [-0.39, 0.29) is 5.96 Å². The minimum absolute atomic E-state index is 0.375. The van der Waals surface area contributed by atoms with Gasteiger partial charge in [0, 0.05) is 0 Å². The van der Waals surface area contributed by atoms with Crippen LogP contribution in [0.1, 0.15) is 0 Å². The first-order chi connectivity index (χ1) is 10.2. The van der Waals surface area contributed by atoms with E-state index in [0.717, 1.165) is 0 Å². The molecule has 5 fully saturated rings. The fourth-order valence-corrected chi connectivity index (χ4v) is 4.28. The Morgan fingerprint density at radius 3 is 2.41 bits per heavy atom. The summed E-state index contributed by atoms with van der Waals surface area (Å²) in [6, 6.07) is 0. The van der Waals surface area contributed by atoms with Gasteiger partial charge in [0.1, 0.15) is 35.7 Å². The molecule has 4 bridgehead atoms. The average Bonchev–Trinajstić information content (AvgIpc) is 2.45. The molecule has 9 atom stereocenters. The first-order valence-corrected chi connectivity index (χ1v) is 6.79. The van der Waals surface area contributed by atoms with Gasteiger partial charge in [0.25, 0.3) is 0 Å². The van der Waals surface area contributed by atoms with Gasteiger partial charge in [0.05, 0.1) is 12.5 Å². The minimum Gasteiger partial charge on any atom is -0.393 e. The third kappa shape index (κ3) is 1.28. The highest BCUT2D eigenvalue weighted by atomic mass is 16.9. The number of aliphatic hydroxyl groups excluding tert-OH is 4. The Hall–Kier alpha value is -1.05. The maximum Gasteiger partial charge on any atom is 0.311 e. The molecule has 0 radical (unpaired) electrons. The summed E-state index contributed by atoms with van der Waals surface area (Å²) in [7, 11) is 0. The first-order valence-electron chi connectivity index (χ1n) is 6.79. The van der Waals surface area contributed by atoms with Crippen LogP contribution in [0.15, 0.2) is 0 Å². The first kappa shape index (κ1) is 14.5. The summed E-state index contributed by atoms with van der Waals surface area (Å²) in [5.41, 5.74) is -3.87. The van der Waals surface area contributed by atoms with E-state index in [9.17, 15) is 30.6 Å². The van der Waals surface area contributed by atoms with Gasteiger partial charge in [-0.1, -0.05) is 0 Å². The van der Waals surface area contributed by atoms with Crippen LogP contribution in [0.5, 0.6) is 0 Å². The van der Waals surface area contributed by atoms with E-state index in [1.165, 1.54) is 0 Å². The fraction of sp³-hybridized carbons (Fsp3) is 0.909. The quantitative estimate of drug-likeness (QED) is 0.226. The second kappa shape index (κ2) is 3.88. The Kier molecular flexibility index (Phi) is 2.57. The maximum atomic E-state index is 10.6. The molecule has 11 heteroatoms. The molecule has 11 nitrogen and oxygen atoms in total. The van der Waals surface area contributed by atoms with Crippen LogP contribution in [0.25, 0.3) is 0 Å². The third-order valence-electron chi connectivity index (χ3n) is 5.26. The van der Waals surface area contributed by atoms with Crippen LogP contribution in [-0.2, 0) is 9.47 Å². The molecule has 0 amide bonds.